The number of nitrogens with zero attached hydrogens (tertiary/aromatic N) is 1. The van der Waals surface area contributed by atoms with Crippen LogP contribution in [0.4, 0.5) is 0 Å². The first kappa shape index (κ1) is 19.2. The Morgan fingerprint density at radius 1 is 0.862 bits per heavy atom. The molecule has 4 nitrogen and oxygen atoms in total. The van der Waals surface area contributed by atoms with Gasteiger partial charge in [0.2, 0.25) is 0 Å². The molecule has 0 bridgehead atoms. The molecule has 1 aromatic heterocycles. The number of hydrogen-bond acceptors (Lipinski definition) is 6. The summed E-state index contributed by atoms with van der Waals surface area (Å²) in [6.07, 6.45) is 0. The largest absolute Gasteiger partial charge is 0.504 e. The van der Waals surface area contributed by atoms with E-state index in [9.17, 15) is 15.0 Å². The summed E-state index contributed by atoms with van der Waals surface area (Å²) in [4.78, 5) is 18.3. The predicted molar refractivity (Wildman–Crippen MR) is 118 cm³/mol. The number of aromatic hydroxyl groups is 2. The number of carbonyl (C=O) groups excluding carboxylic acids is 1. The average molecular weight is 420 g/mol. The number of benzene rings is 3. The Bertz CT molecular complexity index is 1080. The Hall–Kier alpha value is -3.09. The van der Waals surface area contributed by atoms with Crippen LogP contribution < -0.4 is 0 Å². The molecule has 29 heavy (non-hydrogen) atoms. The first-order valence-electron chi connectivity index (χ1n) is 8.91. The van der Waals surface area contributed by atoms with Crippen LogP contribution in [0.25, 0.3) is 21.7 Å². The Labute approximate surface area is 176 Å². The average Bonchev–Trinajstić information content (AvgIpc) is 3.19. The maximum Gasteiger partial charge on any atom is 0.173 e. The standard InChI is InChI=1S/C23H17NO3S2/c25-18-12-11-17(13-19(18)26)20(27)14-28-23-24-21(15-7-3-1-4-8-15)22(29-23)16-9-5-2-6-10-16/h1-13,25-26H,14H2. The minimum absolute atomic E-state index is 0.136. The molecule has 0 unspecified atom stereocenters. The van der Waals surface area contributed by atoms with Gasteiger partial charge >= 0.3 is 0 Å². The fourth-order valence-electron chi connectivity index (χ4n) is 2.85. The fraction of sp³-hybridized carbons (Fsp3) is 0.0435. The van der Waals surface area contributed by atoms with Crippen LogP contribution >= 0.6 is 23.1 Å². The van der Waals surface area contributed by atoms with E-state index in [0.717, 1.165) is 26.0 Å². The summed E-state index contributed by atoms with van der Waals surface area (Å²) in [6.45, 7) is 0. The number of thiazole rings is 1. The lowest BCUT2D eigenvalue weighted by Crippen LogP contribution is -2.01. The molecule has 0 aliphatic carbocycles. The molecule has 6 heteroatoms. The highest BCUT2D eigenvalue weighted by atomic mass is 32.2. The molecule has 0 saturated carbocycles. The quantitative estimate of drug-likeness (QED) is 0.233. The lowest BCUT2D eigenvalue weighted by Gasteiger charge is -2.02. The molecular weight excluding hydrogens is 402 g/mol. The Morgan fingerprint density at radius 2 is 1.52 bits per heavy atom. The van der Waals surface area contributed by atoms with E-state index >= 15 is 0 Å². The van der Waals surface area contributed by atoms with Gasteiger partial charge in [-0.15, -0.1) is 11.3 Å². The van der Waals surface area contributed by atoms with Crippen molar-refractivity contribution in [2.45, 2.75) is 4.34 Å². The van der Waals surface area contributed by atoms with Crippen LogP contribution in [-0.2, 0) is 0 Å². The normalized spacial score (nSPS) is 10.8. The van der Waals surface area contributed by atoms with Crippen molar-refractivity contribution >= 4 is 28.9 Å². The molecule has 0 fully saturated rings. The highest BCUT2D eigenvalue weighted by Crippen LogP contribution is 2.40. The first-order valence-corrected chi connectivity index (χ1v) is 10.7. The topological polar surface area (TPSA) is 70.4 Å². The van der Waals surface area contributed by atoms with Gasteiger partial charge < -0.3 is 10.2 Å². The van der Waals surface area contributed by atoms with Crippen LogP contribution in [-0.4, -0.2) is 26.7 Å². The molecular formula is C23H17NO3S2. The molecule has 0 radical (unpaired) electrons. The molecule has 0 atom stereocenters. The summed E-state index contributed by atoms with van der Waals surface area (Å²) in [6, 6.07) is 24.2. The van der Waals surface area contributed by atoms with E-state index in [1.165, 1.54) is 30.0 Å². The van der Waals surface area contributed by atoms with Gasteiger partial charge in [0.25, 0.3) is 0 Å². The first-order chi connectivity index (χ1) is 14.1. The van der Waals surface area contributed by atoms with Crippen LogP contribution in [0, 0.1) is 0 Å². The van der Waals surface area contributed by atoms with E-state index in [4.69, 9.17) is 4.98 Å². The van der Waals surface area contributed by atoms with E-state index < -0.39 is 0 Å². The monoisotopic (exact) mass is 419 g/mol. The number of hydrogen-bond donors (Lipinski definition) is 2. The number of thioether (sulfide) groups is 1. The smallest absolute Gasteiger partial charge is 0.173 e. The van der Waals surface area contributed by atoms with Gasteiger partial charge in [-0.2, -0.15) is 0 Å². The van der Waals surface area contributed by atoms with Crippen molar-refractivity contribution in [1.82, 2.24) is 4.98 Å². The molecule has 1 heterocycles. The maximum atomic E-state index is 12.5. The summed E-state index contributed by atoms with van der Waals surface area (Å²) < 4.78 is 0.805. The number of phenols is 2. The molecule has 144 valence electrons. The van der Waals surface area contributed by atoms with Crippen molar-refractivity contribution < 1.29 is 15.0 Å². The van der Waals surface area contributed by atoms with Gasteiger partial charge in [-0.3, -0.25) is 4.79 Å². The molecule has 0 saturated heterocycles. The number of phenolic OH excluding ortho intramolecular Hbond substituents is 2. The fourth-order valence-corrected chi connectivity index (χ4v) is 4.91. The maximum absolute atomic E-state index is 12.5. The number of ketones is 1. The Balaban J connectivity index is 1.60. The van der Waals surface area contributed by atoms with Gasteiger partial charge in [0.1, 0.15) is 0 Å². The van der Waals surface area contributed by atoms with Crippen molar-refractivity contribution in [3.05, 3.63) is 84.4 Å². The number of rotatable bonds is 6. The van der Waals surface area contributed by atoms with Crippen LogP contribution in [0.1, 0.15) is 10.4 Å². The zero-order valence-corrected chi connectivity index (χ0v) is 16.9. The minimum Gasteiger partial charge on any atom is -0.504 e. The van der Waals surface area contributed by atoms with Gasteiger partial charge in [0, 0.05) is 11.1 Å². The molecule has 4 aromatic rings. The van der Waals surface area contributed by atoms with Gasteiger partial charge in [0.05, 0.1) is 16.3 Å². The summed E-state index contributed by atoms with van der Waals surface area (Å²) in [5, 5.41) is 19.0. The number of aromatic nitrogens is 1. The van der Waals surface area contributed by atoms with Gasteiger partial charge in [-0.25, -0.2) is 4.98 Å². The lowest BCUT2D eigenvalue weighted by atomic mass is 10.1. The Kier molecular flexibility index (Phi) is 5.64. The number of Topliss-reactive ketones (excluding diaryl/α,β-unsaturated/α-hetero) is 1. The zero-order valence-electron chi connectivity index (χ0n) is 15.3. The summed E-state index contributed by atoms with van der Waals surface area (Å²) in [5.41, 5.74) is 3.38. The van der Waals surface area contributed by atoms with Gasteiger partial charge in [-0.05, 0) is 23.8 Å². The van der Waals surface area contributed by atoms with E-state index in [2.05, 4.69) is 12.1 Å². The summed E-state index contributed by atoms with van der Waals surface area (Å²) in [5.74, 6) is -0.481. The summed E-state index contributed by atoms with van der Waals surface area (Å²) >= 11 is 2.93. The molecule has 0 spiro atoms. The van der Waals surface area contributed by atoms with Crippen molar-refractivity contribution in [3.63, 3.8) is 0 Å². The highest BCUT2D eigenvalue weighted by Gasteiger charge is 2.17. The summed E-state index contributed by atoms with van der Waals surface area (Å²) in [7, 11) is 0. The third kappa shape index (κ3) is 4.34. The van der Waals surface area contributed by atoms with Crippen molar-refractivity contribution in [3.8, 4) is 33.2 Å². The second kappa shape index (κ2) is 8.51. The van der Waals surface area contributed by atoms with Crippen molar-refractivity contribution in [2.24, 2.45) is 0 Å². The van der Waals surface area contributed by atoms with Gasteiger partial charge in [-0.1, -0.05) is 72.4 Å². The van der Waals surface area contributed by atoms with E-state index in [-0.39, 0.29) is 23.0 Å². The highest BCUT2D eigenvalue weighted by molar-refractivity contribution is 8.01. The Morgan fingerprint density at radius 3 is 2.17 bits per heavy atom. The third-order valence-electron chi connectivity index (χ3n) is 4.31. The van der Waals surface area contributed by atoms with Crippen molar-refractivity contribution in [2.75, 3.05) is 5.75 Å². The lowest BCUT2D eigenvalue weighted by molar-refractivity contribution is 0.102. The van der Waals surface area contributed by atoms with E-state index in [1.54, 1.807) is 11.3 Å². The van der Waals surface area contributed by atoms with Crippen LogP contribution in [0.3, 0.4) is 0 Å². The zero-order chi connectivity index (χ0) is 20.2. The van der Waals surface area contributed by atoms with Crippen molar-refractivity contribution in [1.29, 1.82) is 0 Å². The predicted octanol–water partition coefficient (Wildman–Crippen LogP) is 5.86. The van der Waals surface area contributed by atoms with Gasteiger partial charge in [0.15, 0.2) is 21.6 Å². The third-order valence-corrected chi connectivity index (χ3v) is 6.56. The molecule has 0 amide bonds. The SMILES string of the molecule is O=C(CSc1nc(-c2ccccc2)c(-c2ccccc2)s1)c1ccc(O)c(O)c1. The van der Waals surface area contributed by atoms with Crippen LogP contribution in [0.15, 0.2) is 83.2 Å². The van der Waals surface area contributed by atoms with E-state index in [0.29, 0.717) is 5.56 Å². The van der Waals surface area contributed by atoms with E-state index in [1.807, 2.05) is 48.5 Å². The minimum atomic E-state index is -0.298. The molecule has 0 aliphatic rings. The molecule has 3 aromatic carbocycles. The molecule has 0 aliphatic heterocycles. The molecule has 2 N–H and O–H groups in total. The molecule has 4 rings (SSSR count). The van der Waals surface area contributed by atoms with Crippen LogP contribution in [0.2, 0.25) is 0 Å². The van der Waals surface area contributed by atoms with Crippen LogP contribution in [0.5, 0.6) is 11.5 Å². The second-order valence-electron chi connectivity index (χ2n) is 6.30. The number of carbonyl (C=O) groups is 1. The second-order valence-corrected chi connectivity index (χ2v) is 8.53.